The van der Waals surface area contributed by atoms with E-state index in [4.69, 9.17) is 9.47 Å². The van der Waals surface area contributed by atoms with E-state index in [1.165, 1.54) is 13.8 Å². The minimum atomic E-state index is -4.68. The Morgan fingerprint density at radius 2 is 0.930 bits per heavy atom. The van der Waals surface area contributed by atoms with Crippen LogP contribution in [0.2, 0.25) is 0 Å². The van der Waals surface area contributed by atoms with Crippen molar-refractivity contribution in [3.8, 4) is 0 Å². The molecular formula is C31H46F4O8. The average molecular weight is 623 g/mol. The molecule has 8 bridgehead atoms. The molecule has 0 aromatic carbocycles. The molecule has 43 heavy (non-hydrogen) atoms. The molecule has 0 aliphatic heterocycles. The lowest BCUT2D eigenvalue weighted by atomic mass is 9.46. The molecule has 4 N–H and O–H groups in total. The SMILES string of the molecule is CC(C)(C(=O)OCC12CC3CC(O)(CC(O)(C3)C1)C2)C(F)(F)F.CC(C)(F)C(=O)OCC12CC3CC(O)(CC(O)(C3)C1)C2. The van der Waals surface area contributed by atoms with Gasteiger partial charge in [-0.1, -0.05) is 0 Å². The van der Waals surface area contributed by atoms with E-state index in [9.17, 15) is 47.6 Å². The molecule has 0 spiro atoms. The van der Waals surface area contributed by atoms with Gasteiger partial charge in [0.15, 0.2) is 5.41 Å². The van der Waals surface area contributed by atoms with Crippen molar-refractivity contribution in [2.45, 2.75) is 139 Å². The van der Waals surface area contributed by atoms with Gasteiger partial charge in [-0.15, -0.1) is 0 Å². The topological polar surface area (TPSA) is 134 Å². The second-order valence-electron chi connectivity index (χ2n) is 16.7. The molecule has 12 heteroatoms. The van der Waals surface area contributed by atoms with Crippen molar-refractivity contribution >= 4 is 11.9 Å². The standard InChI is InChI=1S/C16H23F3O4.C15H23FO4/c1-12(2,16(17,18)19)11(20)23-9-13-3-10-4-14(21,6-13)8-15(22,5-10)7-13;1-12(2,16)11(17)20-9-13-3-10-4-14(18,6-13)8-15(19,5-10)7-13/h10,21-22H,3-9H2,1-2H3;10,18-19H,3-9H2,1-2H3. The van der Waals surface area contributed by atoms with E-state index in [0.29, 0.717) is 57.8 Å². The average Bonchev–Trinajstić information content (AvgIpc) is 2.75. The molecule has 0 aromatic rings. The normalized spacial score (nSPS) is 44.6. The van der Waals surface area contributed by atoms with Crippen molar-refractivity contribution in [3.05, 3.63) is 0 Å². The van der Waals surface area contributed by atoms with Gasteiger partial charge in [-0.05, 0) is 104 Å². The fraction of sp³-hybridized carbons (Fsp3) is 0.935. The molecule has 0 saturated heterocycles. The van der Waals surface area contributed by atoms with Gasteiger partial charge in [0.25, 0.3) is 0 Å². The number of carbonyl (C=O) groups excluding carboxylic acids is 2. The van der Waals surface area contributed by atoms with Gasteiger partial charge in [-0.25, -0.2) is 9.18 Å². The lowest BCUT2D eigenvalue weighted by molar-refractivity contribution is -0.249. The van der Waals surface area contributed by atoms with Gasteiger partial charge in [0.2, 0.25) is 5.67 Å². The number of alkyl halides is 4. The van der Waals surface area contributed by atoms with Gasteiger partial charge in [-0.3, -0.25) is 4.79 Å². The molecule has 8 aliphatic carbocycles. The zero-order chi connectivity index (χ0) is 32.1. The Balaban J connectivity index is 0.000000173. The highest BCUT2D eigenvalue weighted by molar-refractivity contribution is 5.78. The van der Waals surface area contributed by atoms with Crippen LogP contribution in [0.5, 0.6) is 0 Å². The zero-order valence-corrected chi connectivity index (χ0v) is 25.5. The molecule has 4 unspecified atom stereocenters. The summed E-state index contributed by atoms with van der Waals surface area (Å²) in [6.45, 7) is 3.88. The maximum absolute atomic E-state index is 13.5. The Hall–Kier alpha value is -1.50. The Kier molecular flexibility index (Phi) is 7.46. The Labute approximate surface area is 249 Å². The van der Waals surface area contributed by atoms with E-state index in [1.807, 2.05) is 0 Å². The largest absolute Gasteiger partial charge is 0.464 e. The third-order valence-corrected chi connectivity index (χ3v) is 11.0. The Morgan fingerprint density at radius 3 is 1.21 bits per heavy atom. The molecule has 8 nitrogen and oxygen atoms in total. The van der Waals surface area contributed by atoms with Crippen molar-refractivity contribution < 1.29 is 57.1 Å². The fourth-order valence-electron chi connectivity index (χ4n) is 10.3. The van der Waals surface area contributed by atoms with Gasteiger partial charge >= 0.3 is 18.1 Å². The van der Waals surface area contributed by atoms with Crippen LogP contribution in [-0.2, 0) is 19.1 Å². The molecule has 8 rings (SSSR count). The number of hydrogen-bond donors (Lipinski definition) is 4. The summed E-state index contributed by atoms with van der Waals surface area (Å²) in [4.78, 5) is 23.5. The van der Waals surface area contributed by atoms with Crippen LogP contribution in [0.15, 0.2) is 0 Å². The number of esters is 2. The highest BCUT2D eigenvalue weighted by Gasteiger charge is 2.65. The molecule has 0 heterocycles. The molecule has 0 radical (unpaired) electrons. The van der Waals surface area contributed by atoms with Crippen molar-refractivity contribution in [2.75, 3.05) is 13.2 Å². The predicted molar refractivity (Wildman–Crippen MR) is 144 cm³/mol. The van der Waals surface area contributed by atoms with Crippen molar-refractivity contribution in [3.63, 3.8) is 0 Å². The Bertz CT molecular complexity index is 1110. The molecule has 4 atom stereocenters. The summed E-state index contributed by atoms with van der Waals surface area (Å²) in [6.07, 6.45) is 2.06. The van der Waals surface area contributed by atoms with Crippen LogP contribution in [0, 0.1) is 28.1 Å². The number of rotatable bonds is 6. The number of aliphatic hydroxyl groups is 4. The van der Waals surface area contributed by atoms with Crippen LogP contribution in [0.25, 0.3) is 0 Å². The number of halogens is 4. The van der Waals surface area contributed by atoms with Crippen LogP contribution in [0.1, 0.15) is 105 Å². The first-order valence-electron chi connectivity index (χ1n) is 15.3. The minimum absolute atomic E-state index is 0.0975. The quantitative estimate of drug-likeness (QED) is 0.255. The molecule has 246 valence electrons. The number of ether oxygens (including phenoxy) is 2. The summed E-state index contributed by atoms with van der Waals surface area (Å²) in [5, 5.41) is 42.4. The van der Waals surface area contributed by atoms with E-state index in [1.54, 1.807) is 0 Å². The smallest absolute Gasteiger partial charge is 0.404 e. The van der Waals surface area contributed by atoms with Gasteiger partial charge in [-0.2, -0.15) is 13.2 Å². The summed E-state index contributed by atoms with van der Waals surface area (Å²) < 4.78 is 62.4. The van der Waals surface area contributed by atoms with Gasteiger partial charge < -0.3 is 29.9 Å². The number of carbonyl (C=O) groups is 2. The van der Waals surface area contributed by atoms with Crippen LogP contribution < -0.4 is 0 Å². The van der Waals surface area contributed by atoms with Crippen molar-refractivity contribution in [2.24, 2.45) is 28.1 Å². The van der Waals surface area contributed by atoms with Gasteiger partial charge in [0.05, 0.1) is 35.6 Å². The maximum atomic E-state index is 13.5. The molecular weight excluding hydrogens is 576 g/mol. The van der Waals surface area contributed by atoms with Crippen molar-refractivity contribution in [1.82, 2.24) is 0 Å². The summed E-state index contributed by atoms with van der Waals surface area (Å²) in [7, 11) is 0. The Morgan fingerprint density at radius 1 is 0.605 bits per heavy atom. The molecule has 0 amide bonds. The van der Waals surface area contributed by atoms with E-state index < -0.39 is 57.0 Å². The van der Waals surface area contributed by atoms with Crippen LogP contribution in [-0.4, -0.2) is 79.8 Å². The van der Waals surface area contributed by atoms with Crippen molar-refractivity contribution in [1.29, 1.82) is 0 Å². The monoisotopic (exact) mass is 622 g/mol. The molecule has 8 saturated carbocycles. The van der Waals surface area contributed by atoms with Crippen LogP contribution in [0.4, 0.5) is 17.6 Å². The van der Waals surface area contributed by atoms with Gasteiger partial charge in [0.1, 0.15) is 0 Å². The molecule has 8 fully saturated rings. The first-order chi connectivity index (χ1) is 19.3. The lowest BCUT2D eigenvalue weighted by Gasteiger charge is -2.63. The summed E-state index contributed by atoms with van der Waals surface area (Å²) in [6, 6.07) is 0. The van der Waals surface area contributed by atoms with E-state index in [-0.39, 0.29) is 30.5 Å². The third-order valence-electron chi connectivity index (χ3n) is 11.0. The van der Waals surface area contributed by atoms with E-state index in [0.717, 1.165) is 33.1 Å². The number of hydrogen-bond acceptors (Lipinski definition) is 8. The zero-order valence-electron chi connectivity index (χ0n) is 25.5. The second-order valence-corrected chi connectivity index (χ2v) is 16.7. The highest BCUT2D eigenvalue weighted by atomic mass is 19.4. The maximum Gasteiger partial charge on any atom is 0.404 e. The van der Waals surface area contributed by atoms with Crippen LogP contribution >= 0.6 is 0 Å². The van der Waals surface area contributed by atoms with Crippen LogP contribution in [0.3, 0.4) is 0 Å². The summed E-state index contributed by atoms with van der Waals surface area (Å²) in [5.41, 5.74) is -9.22. The highest BCUT2D eigenvalue weighted by Crippen LogP contribution is 2.64. The second kappa shape index (κ2) is 9.75. The summed E-state index contributed by atoms with van der Waals surface area (Å²) in [5.74, 6) is -1.76. The third kappa shape index (κ3) is 6.31. The first-order valence-corrected chi connectivity index (χ1v) is 15.3. The fourth-order valence-corrected chi connectivity index (χ4v) is 10.3. The van der Waals surface area contributed by atoms with E-state index in [2.05, 4.69) is 0 Å². The summed E-state index contributed by atoms with van der Waals surface area (Å²) >= 11 is 0. The predicted octanol–water partition coefficient (Wildman–Crippen LogP) is 4.29. The minimum Gasteiger partial charge on any atom is -0.464 e. The molecule has 8 aliphatic rings. The lowest BCUT2D eigenvalue weighted by Crippen LogP contribution is -2.64. The van der Waals surface area contributed by atoms with Gasteiger partial charge in [0, 0.05) is 23.7 Å². The first kappa shape index (κ1) is 32.9. The molecule has 0 aromatic heterocycles. The van der Waals surface area contributed by atoms with E-state index >= 15 is 0 Å².